The van der Waals surface area contributed by atoms with E-state index in [2.05, 4.69) is 45.0 Å². The second-order valence-corrected chi connectivity index (χ2v) is 8.83. The highest BCUT2D eigenvalue weighted by Crippen LogP contribution is 2.36. The first-order valence-electron chi connectivity index (χ1n) is 11.9. The third kappa shape index (κ3) is 4.69. The van der Waals surface area contributed by atoms with E-state index in [0.717, 1.165) is 74.1 Å². The smallest absolute Gasteiger partial charge is 0.162 e. The number of methoxy groups -OCH3 is 2. The summed E-state index contributed by atoms with van der Waals surface area (Å²) in [4.78, 5) is 17.4. The number of piperazine rings is 1. The molecule has 0 aliphatic carbocycles. The molecule has 0 unspecified atom stereocenters. The van der Waals surface area contributed by atoms with E-state index in [1.54, 1.807) is 14.2 Å². The molecule has 33 heavy (non-hydrogen) atoms. The lowest BCUT2D eigenvalue weighted by Gasteiger charge is -2.36. The third-order valence-corrected chi connectivity index (χ3v) is 6.74. The molecule has 0 atom stereocenters. The van der Waals surface area contributed by atoms with Gasteiger partial charge >= 0.3 is 0 Å². The summed E-state index contributed by atoms with van der Waals surface area (Å²) in [6.07, 6.45) is 3.69. The molecule has 3 heterocycles. The van der Waals surface area contributed by atoms with Crippen LogP contribution in [0.2, 0.25) is 0 Å². The predicted octanol–water partition coefficient (Wildman–Crippen LogP) is 3.96. The number of hydrogen-bond donors (Lipinski definition) is 0. The van der Waals surface area contributed by atoms with Gasteiger partial charge in [0.25, 0.3) is 0 Å². The number of aromatic nitrogens is 2. The second-order valence-electron chi connectivity index (χ2n) is 8.83. The number of ether oxygens (including phenoxy) is 2. The molecular formula is C26H33N5O2. The van der Waals surface area contributed by atoms with Crippen molar-refractivity contribution in [2.75, 3.05) is 63.3 Å². The van der Waals surface area contributed by atoms with Crippen LogP contribution in [0.25, 0.3) is 10.9 Å². The minimum absolute atomic E-state index is 0.704. The number of para-hydroxylation sites is 1. The Balaban J connectivity index is 1.41. The Morgan fingerprint density at radius 3 is 2.15 bits per heavy atom. The van der Waals surface area contributed by atoms with Gasteiger partial charge in [-0.15, -0.1) is 0 Å². The van der Waals surface area contributed by atoms with E-state index in [9.17, 15) is 0 Å². The molecule has 2 saturated heterocycles. The van der Waals surface area contributed by atoms with Gasteiger partial charge in [0.2, 0.25) is 0 Å². The molecule has 5 rings (SSSR count). The van der Waals surface area contributed by atoms with E-state index in [0.29, 0.717) is 5.75 Å². The van der Waals surface area contributed by atoms with Crippen molar-refractivity contribution >= 4 is 22.4 Å². The molecule has 2 aromatic carbocycles. The van der Waals surface area contributed by atoms with Gasteiger partial charge in [0, 0.05) is 56.4 Å². The van der Waals surface area contributed by atoms with Crippen LogP contribution in [0.5, 0.6) is 11.5 Å². The summed E-state index contributed by atoms with van der Waals surface area (Å²) in [6, 6.07) is 14.7. The summed E-state index contributed by atoms with van der Waals surface area (Å²) in [6.45, 7) is 6.87. The molecule has 3 aromatic rings. The van der Waals surface area contributed by atoms with Gasteiger partial charge in [-0.05, 0) is 37.5 Å². The number of rotatable bonds is 6. The van der Waals surface area contributed by atoms with Gasteiger partial charge in [-0.2, -0.15) is 0 Å². The van der Waals surface area contributed by atoms with Gasteiger partial charge in [-0.1, -0.05) is 18.2 Å². The van der Waals surface area contributed by atoms with Crippen molar-refractivity contribution in [1.29, 1.82) is 0 Å². The van der Waals surface area contributed by atoms with Crippen molar-refractivity contribution in [2.24, 2.45) is 0 Å². The molecule has 0 radical (unpaired) electrons. The lowest BCUT2D eigenvalue weighted by atomic mass is 10.1. The molecule has 0 saturated carbocycles. The van der Waals surface area contributed by atoms with E-state index in [4.69, 9.17) is 19.4 Å². The minimum Gasteiger partial charge on any atom is -0.493 e. The Kier molecular flexibility index (Phi) is 6.48. The number of nitrogens with zero attached hydrogens (tertiary/aromatic N) is 5. The maximum absolute atomic E-state index is 5.57. The fourth-order valence-electron chi connectivity index (χ4n) is 4.91. The predicted molar refractivity (Wildman–Crippen MR) is 133 cm³/mol. The lowest BCUT2D eigenvalue weighted by molar-refractivity contribution is 0.244. The van der Waals surface area contributed by atoms with Crippen LogP contribution in [-0.4, -0.2) is 68.4 Å². The molecule has 7 heteroatoms. The number of hydrogen-bond acceptors (Lipinski definition) is 7. The molecule has 0 N–H and O–H groups in total. The van der Waals surface area contributed by atoms with Crippen molar-refractivity contribution in [2.45, 2.75) is 25.8 Å². The molecule has 1 aromatic heterocycles. The number of fused-ring (bicyclic) bond motifs is 1. The quantitative estimate of drug-likeness (QED) is 0.567. The number of piperidine rings is 1. The van der Waals surface area contributed by atoms with Crippen LogP contribution in [0.1, 0.15) is 25.1 Å². The summed E-state index contributed by atoms with van der Waals surface area (Å²) in [5, 5.41) is 1.03. The summed E-state index contributed by atoms with van der Waals surface area (Å²) < 4.78 is 11.1. The largest absolute Gasteiger partial charge is 0.493 e. The fraction of sp³-hybridized carbons (Fsp3) is 0.462. The van der Waals surface area contributed by atoms with Gasteiger partial charge in [0.05, 0.1) is 26.3 Å². The van der Waals surface area contributed by atoms with Gasteiger partial charge in [0.15, 0.2) is 11.5 Å². The summed E-state index contributed by atoms with van der Waals surface area (Å²) in [7, 11) is 3.35. The number of anilines is 2. The van der Waals surface area contributed by atoms with E-state index in [1.807, 2.05) is 12.1 Å². The van der Waals surface area contributed by atoms with Gasteiger partial charge in [0.1, 0.15) is 11.6 Å². The molecule has 0 bridgehead atoms. The van der Waals surface area contributed by atoms with Crippen LogP contribution in [0.3, 0.4) is 0 Å². The van der Waals surface area contributed by atoms with Crippen molar-refractivity contribution in [1.82, 2.24) is 14.9 Å². The van der Waals surface area contributed by atoms with Crippen LogP contribution in [0.4, 0.5) is 11.5 Å². The van der Waals surface area contributed by atoms with Gasteiger partial charge in [-0.25, -0.2) is 9.97 Å². The van der Waals surface area contributed by atoms with Crippen LogP contribution in [-0.2, 0) is 6.54 Å². The highest BCUT2D eigenvalue weighted by Gasteiger charge is 2.22. The normalized spacial score (nSPS) is 17.4. The Hall–Kier alpha value is -3.06. The average Bonchev–Trinajstić information content (AvgIpc) is 2.89. The van der Waals surface area contributed by atoms with Crippen molar-refractivity contribution < 1.29 is 9.47 Å². The van der Waals surface area contributed by atoms with E-state index in [-0.39, 0.29) is 0 Å². The highest BCUT2D eigenvalue weighted by atomic mass is 16.5. The molecule has 2 aliphatic heterocycles. The van der Waals surface area contributed by atoms with Crippen LogP contribution < -0.4 is 19.3 Å². The summed E-state index contributed by atoms with van der Waals surface area (Å²) in [5.74, 6) is 3.33. The highest BCUT2D eigenvalue weighted by molar-refractivity contribution is 5.92. The molecular weight excluding hydrogens is 414 g/mol. The monoisotopic (exact) mass is 447 g/mol. The van der Waals surface area contributed by atoms with Gasteiger partial charge < -0.3 is 19.3 Å². The third-order valence-electron chi connectivity index (χ3n) is 6.74. The molecule has 0 spiro atoms. The van der Waals surface area contributed by atoms with Gasteiger partial charge in [-0.3, -0.25) is 4.90 Å². The zero-order chi connectivity index (χ0) is 22.6. The molecule has 7 nitrogen and oxygen atoms in total. The Morgan fingerprint density at radius 2 is 1.45 bits per heavy atom. The van der Waals surface area contributed by atoms with Crippen LogP contribution >= 0.6 is 0 Å². The molecule has 174 valence electrons. The topological polar surface area (TPSA) is 54.0 Å². The summed E-state index contributed by atoms with van der Waals surface area (Å²) in [5.41, 5.74) is 2.22. The number of benzene rings is 2. The Morgan fingerprint density at radius 1 is 0.758 bits per heavy atom. The SMILES string of the molecule is COc1cc2nc(CN3CCN(c4ccccc4)CC3)nc(N3CCCCC3)c2cc1OC. The molecule has 2 aliphatic rings. The first-order valence-corrected chi connectivity index (χ1v) is 11.9. The average molecular weight is 448 g/mol. The maximum atomic E-state index is 5.57. The first-order chi connectivity index (χ1) is 16.2. The van der Waals surface area contributed by atoms with Crippen molar-refractivity contribution in [3.8, 4) is 11.5 Å². The van der Waals surface area contributed by atoms with E-state index >= 15 is 0 Å². The zero-order valence-corrected chi connectivity index (χ0v) is 19.7. The van der Waals surface area contributed by atoms with E-state index < -0.39 is 0 Å². The van der Waals surface area contributed by atoms with Crippen molar-refractivity contribution in [3.05, 3.63) is 48.3 Å². The minimum atomic E-state index is 0.704. The molecule has 2 fully saturated rings. The summed E-state index contributed by atoms with van der Waals surface area (Å²) >= 11 is 0. The first kappa shape index (κ1) is 21.8. The van der Waals surface area contributed by atoms with Crippen LogP contribution in [0, 0.1) is 0 Å². The zero-order valence-electron chi connectivity index (χ0n) is 19.7. The lowest BCUT2D eigenvalue weighted by Crippen LogP contribution is -2.46. The van der Waals surface area contributed by atoms with Crippen molar-refractivity contribution in [3.63, 3.8) is 0 Å². The maximum Gasteiger partial charge on any atom is 0.162 e. The second kappa shape index (κ2) is 9.83. The van der Waals surface area contributed by atoms with Crippen LogP contribution in [0.15, 0.2) is 42.5 Å². The molecule has 0 amide bonds. The fourth-order valence-corrected chi connectivity index (χ4v) is 4.91. The Labute approximate surface area is 195 Å². The standard InChI is InChI=1S/C26H33N5O2/c1-32-23-17-21-22(18-24(23)33-2)27-25(28-26(21)31-11-7-4-8-12-31)19-29-13-15-30(16-14-29)20-9-5-3-6-10-20/h3,5-6,9-10,17-18H,4,7-8,11-16,19H2,1-2H3. The van der Waals surface area contributed by atoms with E-state index in [1.165, 1.54) is 24.9 Å². The Bertz CT molecular complexity index is 1080.